The summed E-state index contributed by atoms with van der Waals surface area (Å²) in [6.07, 6.45) is 3.88. The molecule has 0 spiro atoms. The van der Waals surface area contributed by atoms with Gasteiger partial charge in [0.15, 0.2) is 0 Å². The summed E-state index contributed by atoms with van der Waals surface area (Å²) < 4.78 is 0. The van der Waals surface area contributed by atoms with E-state index in [4.69, 9.17) is 0 Å². The molecule has 0 unspecified atom stereocenters. The quantitative estimate of drug-likeness (QED) is 0.905. The molecule has 2 fully saturated rings. The number of amides is 1. The van der Waals surface area contributed by atoms with Crippen molar-refractivity contribution in [3.05, 3.63) is 29.8 Å². The third-order valence-electron chi connectivity index (χ3n) is 4.98. The number of carbonyl (C=O) groups excluding carboxylic acids is 1. The van der Waals surface area contributed by atoms with E-state index < -0.39 is 5.60 Å². The molecular formula is C18H23N3O2. The van der Waals surface area contributed by atoms with Crippen molar-refractivity contribution < 1.29 is 9.90 Å². The summed E-state index contributed by atoms with van der Waals surface area (Å²) in [5, 5.41) is 19.8. The Kier molecular flexibility index (Phi) is 4.53. The van der Waals surface area contributed by atoms with Crippen LogP contribution in [0.5, 0.6) is 0 Å². The molecule has 1 N–H and O–H groups in total. The fourth-order valence-corrected chi connectivity index (χ4v) is 3.67. The summed E-state index contributed by atoms with van der Waals surface area (Å²) in [5.41, 5.74) is 0.463. The Labute approximate surface area is 137 Å². The molecule has 0 atom stereocenters. The van der Waals surface area contributed by atoms with Gasteiger partial charge in [0.05, 0.1) is 11.3 Å². The first kappa shape index (κ1) is 15.8. The molecule has 1 saturated carbocycles. The van der Waals surface area contributed by atoms with Crippen molar-refractivity contribution in [2.45, 2.75) is 37.7 Å². The maximum absolute atomic E-state index is 12.6. The molecule has 1 aromatic rings. The maximum atomic E-state index is 12.6. The normalized spacial score (nSPS) is 20.9. The molecule has 5 heteroatoms. The number of carbonyl (C=O) groups is 1. The molecule has 0 bridgehead atoms. The molecule has 0 radical (unpaired) electrons. The van der Waals surface area contributed by atoms with Gasteiger partial charge in [0.25, 0.3) is 5.91 Å². The molecule has 1 aliphatic carbocycles. The van der Waals surface area contributed by atoms with Crippen LogP contribution < -0.4 is 4.90 Å². The zero-order valence-electron chi connectivity index (χ0n) is 13.4. The molecule has 122 valence electrons. The van der Waals surface area contributed by atoms with E-state index in [1.165, 1.54) is 0 Å². The van der Waals surface area contributed by atoms with Crippen molar-refractivity contribution in [3.8, 4) is 6.07 Å². The molecule has 1 saturated heterocycles. The highest BCUT2D eigenvalue weighted by Gasteiger charge is 2.41. The van der Waals surface area contributed by atoms with Crippen molar-refractivity contribution in [1.29, 1.82) is 5.26 Å². The molecule has 1 heterocycles. The van der Waals surface area contributed by atoms with Gasteiger partial charge in [0, 0.05) is 26.2 Å². The summed E-state index contributed by atoms with van der Waals surface area (Å²) in [5.74, 6) is -0.106. The minimum Gasteiger partial charge on any atom is -0.380 e. The number of benzene rings is 1. The van der Waals surface area contributed by atoms with Crippen LogP contribution in [-0.4, -0.2) is 47.7 Å². The van der Waals surface area contributed by atoms with E-state index in [2.05, 4.69) is 11.0 Å². The number of nitrogens with zero attached hydrogens (tertiary/aromatic N) is 3. The van der Waals surface area contributed by atoms with Crippen LogP contribution in [0.15, 0.2) is 24.3 Å². The van der Waals surface area contributed by atoms with E-state index in [1.54, 1.807) is 4.90 Å². The average Bonchev–Trinajstić information content (AvgIpc) is 2.89. The van der Waals surface area contributed by atoms with Gasteiger partial charge in [-0.05, 0) is 44.2 Å². The molecule has 3 rings (SSSR count). The zero-order valence-corrected chi connectivity index (χ0v) is 13.4. The second kappa shape index (κ2) is 6.59. The van der Waals surface area contributed by atoms with Crippen molar-refractivity contribution >= 4 is 11.6 Å². The van der Waals surface area contributed by atoms with Gasteiger partial charge in [-0.1, -0.05) is 12.1 Å². The SMILES string of the molecule is N#Cc1ccccc1N1CCCN(C(=O)C2(O)CCCC2)CC1. The van der Waals surface area contributed by atoms with Crippen LogP contribution in [0.2, 0.25) is 0 Å². The third-order valence-corrected chi connectivity index (χ3v) is 4.98. The molecule has 23 heavy (non-hydrogen) atoms. The van der Waals surface area contributed by atoms with Crippen LogP contribution in [0.1, 0.15) is 37.7 Å². The summed E-state index contributed by atoms with van der Waals surface area (Å²) >= 11 is 0. The highest BCUT2D eigenvalue weighted by molar-refractivity contribution is 5.85. The van der Waals surface area contributed by atoms with Gasteiger partial charge in [0.2, 0.25) is 0 Å². The molecule has 0 aromatic heterocycles. The maximum Gasteiger partial charge on any atom is 0.254 e. The molecule has 1 amide bonds. The van der Waals surface area contributed by atoms with Gasteiger partial charge in [-0.2, -0.15) is 5.26 Å². The second-order valence-corrected chi connectivity index (χ2v) is 6.50. The Morgan fingerprint density at radius 1 is 1.09 bits per heavy atom. The zero-order chi connectivity index (χ0) is 16.3. The number of hydrogen-bond acceptors (Lipinski definition) is 4. The number of rotatable bonds is 2. The fraction of sp³-hybridized carbons (Fsp3) is 0.556. The Hall–Kier alpha value is -2.06. The third kappa shape index (κ3) is 3.18. The van der Waals surface area contributed by atoms with E-state index in [-0.39, 0.29) is 5.91 Å². The molecule has 1 aromatic carbocycles. The Bertz CT molecular complexity index is 617. The number of anilines is 1. The van der Waals surface area contributed by atoms with Crippen LogP contribution in [0.25, 0.3) is 0 Å². The van der Waals surface area contributed by atoms with E-state index in [9.17, 15) is 15.2 Å². The van der Waals surface area contributed by atoms with Gasteiger partial charge in [-0.15, -0.1) is 0 Å². The lowest BCUT2D eigenvalue weighted by Crippen LogP contribution is -2.48. The first-order valence-corrected chi connectivity index (χ1v) is 8.40. The van der Waals surface area contributed by atoms with Gasteiger partial charge in [-0.25, -0.2) is 0 Å². The van der Waals surface area contributed by atoms with E-state index in [0.717, 1.165) is 31.5 Å². The topological polar surface area (TPSA) is 67.6 Å². The number of para-hydroxylation sites is 1. The second-order valence-electron chi connectivity index (χ2n) is 6.50. The van der Waals surface area contributed by atoms with E-state index in [1.807, 2.05) is 24.3 Å². The van der Waals surface area contributed by atoms with Crippen LogP contribution in [0.3, 0.4) is 0 Å². The smallest absolute Gasteiger partial charge is 0.254 e. The standard InChI is InChI=1S/C18H23N3O2/c19-14-15-6-1-2-7-16(15)20-10-5-11-21(13-12-20)17(22)18(23)8-3-4-9-18/h1-2,6-7,23H,3-5,8-13H2. The van der Waals surface area contributed by atoms with Gasteiger partial charge < -0.3 is 14.9 Å². The van der Waals surface area contributed by atoms with Gasteiger partial charge >= 0.3 is 0 Å². The van der Waals surface area contributed by atoms with Gasteiger partial charge in [0.1, 0.15) is 11.7 Å². The highest BCUT2D eigenvalue weighted by Crippen LogP contribution is 2.31. The number of hydrogen-bond donors (Lipinski definition) is 1. The number of aliphatic hydroxyl groups is 1. The summed E-state index contributed by atoms with van der Waals surface area (Å²) in [6.45, 7) is 2.79. The average molecular weight is 313 g/mol. The summed E-state index contributed by atoms with van der Waals surface area (Å²) in [7, 11) is 0. The van der Waals surface area contributed by atoms with Crippen molar-refractivity contribution in [2.75, 3.05) is 31.1 Å². The minimum atomic E-state index is -1.14. The Morgan fingerprint density at radius 2 is 1.83 bits per heavy atom. The largest absolute Gasteiger partial charge is 0.380 e. The van der Waals surface area contributed by atoms with E-state index in [0.29, 0.717) is 38.0 Å². The molecule has 1 aliphatic heterocycles. The van der Waals surface area contributed by atoms with Crippen molar-refractivity contribution in [2.24, 2.45) is 0 Å². The Morgan fingerprint density at radius 3 is 2.57 bits per heavy atom. The summed E-state index contributed by atoms with van der Waals surface area (Å²) in [6, 6.07) is 9.82. The Balaban J connectivity index is 1.70. The predicted molar refractivity (Wildman–Crippen MR) is 88.0 cm³/mol. The fourth-order valence-electron chi connectivity index (χ4n) is 3.67. The van der Waals surface area contributed by atoms with Crippen molar-refractivity contribution in [1.82, 2.24) is 4.90 Å². The lowest BCUT2D eigenvalue weighted by atomic mass is 10.0. The van der Waals surface area contributed by atoms with Crippen LogP contribution in [-0.2, 0) is 4.79 Å². The first-order chi connectivity index (χ1) is 11.1. The highest BCUT2D eigenvalue weighted by atomic mass is 16.3. The number of nitriles is 1. The lowest BCUT2D eigenvalue weighted by molar-refractivity contribution is -0.150. The lowest BCUT2D eigenvalue weighted by Gasteiger charge is -2.30. The van der Waals surface area contributed by atoms with Crippen molar-refractivity contribution in [3.63, 3.8) is 0 Å². The van der Waals surface area contributed by atoms with Crippen LogP contribution in [0, 0.1) is 11.3 Å². The van der Waals surface area contributed by atoms with Crippen LogP contribution in [0.4, 0.5) is 5.69 Å². The minimum absolute atomic E-state index is 0.106. The predicted octanol–water partition coefficient (Wildman–Crippen LogP) is 1.90. The molecular weight excluding hydrogens is 290 g/mol. The van der Waals surface area contributed by atoms with Crippen LogP contribution >= 0.6 is 0 Å². The molecule has 2 aliphatic rings. The summed E-state index contributed by atoms with van der Waals surface area (Å²) in [4.78, 5) is 16.6. The first-order valence-electron chi connectivity index (χ1n) is 8.40. The van der Waals surface area contributed by atoms with Gasteiger partial charge in [-0.3, -0.25) is 4.79 Å². The monoisotopic (exact) mass is 313 g/mol. The molecule has 5 nitrogen and oxygen atoms in total. The van der Waals surface area contributed by atoms with E-state index >= 15 is 0 Å².